The van der Waals surface area contributed by atoms with Gasteiger partial charge in [-0.15, -0.1) is 0 Å². The van der Waals surface area contributed by atoms with Gasteiger partial charge in [0.1, 0.15) is 0 Å². The molecule has 1 saturated heterocycles. The number of aromatic nitrogens is 1. The number of nitrogens with one attached hydrogen (secondary N) is 1. The Bertz CT molecular complexity index is 599. The van der Waals surface area contributed by atoms with Gasteiger partial charge in [0.25, 0.3) is 0 Å². The van der Waals surface area contributed by atoms with E-state index >= 15 is 0 Å². The standard InChI is InChI=1S/C17H20ClN3O/c18-14-6-4-13(5-7-14)17(19,16-3-1-2-10-21-16)22-15-8-11-20-12-9-15/h1-7,10,15,20H,8-9,11-12,19H2/t17-/m0/s1. The summed E-state index contributed by atoms with van der Waals surface area (Å²) in [6, 6.07) is 13.1. The number of hydrogen-bond donors (Lipinski definition) is 2. The minimum absolute atomic E-state index is 0.115. The first-order valence-electron chi connectivity index (χ1n) is 7.53. The van der Waals surface area contributed by atoms with Crippen LogP contribution in [0.2, 0.25) is 5.02 Å². The van der Waals surface area contributed by atoms with Gasteiger partial charge in [0.2, 0.25) is 0 Å². The fraction of sp³-hybridized carbons (Fsp3) is 0.353. The minimum Gasteiger partial charge on any atom is -0.347 e. The third-order valence-corrected chi connectivity index (χ3v) is 4.21. The molecule has 2 heterocycles. The zero-order valence-corrected chi connectivity index (χ0v) is 13.1. The van der Waals surface area contributed by atoms with Crippen LogP contribution in [0.25, 0.3) is 0 Å². The Morgan fingerprint density at radius 1 is 1.14 bits per heavy atom. The third kappa shape index (κ3) is 3.31. The molecule has 0 saturated carbocycles. The van der Waals surface area contributed by atoms with Crippen LogP contribution in [0, 0.1) is 0 Å². The van der Waals surface area contributed by atoms with Crippen LogP contribution in [0.15, 0.2) is 48.7 Å². The molecule has 3 N–H and O–H groups in total. The maximum atomic E-state index is 6.67. The Balaban J connectivity index is 1.95. The van der Waals surface area contributed by atoms with Crippen molar-refractivity contribution < 1.29 is 4.74 Å². The summed E-state index contributed by atoms with van der Waals surface area (Å²) in [5.74, 6) is 0. The monoisotopic (exact) mass is 317 g/mol. The first-order valence-corrected chi connectivity index (χ1v) is 7.91. The quantitative estimate of drug-likeness (QED) is 0.851. The van der Waals surface area contributed by atoms with Crippen molar-refractivity contribution in [3.63, 3.8) is 0 Å². The molecule has 1 fully saturated rings. The number of halogens is 1. The molecule has 1 aromatic carbocycles. The lowest BCUT2D eigenvalue weighted by Crippen LogP contribution is -2.47. The summed E-state index contributed by atoms with van der Waals surface area (Å²) < 4.78 is 6.32. The van der Waals surface area contributed by atoms with Crippen molar-refractivity contribution in [1.29, 1.82) is 0 Å². The summed E-state index contributed by atoms with van der Waals surface area (Å²) >= 11 is 5.99. The fourth-order valence-corrected chi connectivity index (χ4v) is 2.86. The van der Waals surface area contributed by atoms with Crippen molar-refractivity contribution in [3.8, 4) is 0 Å². The third-order valence-electron chi connectivity index (χ3n) is 3.96. The zero-order valence-electron chi connectivity index (χ0n) is 12.3. The normalized spacial score (nSPS) is 18.8. The van der Waals surface area contributed by atoms with Crippen LogP contribution in [0.1, 0.15) is 24.1 Å². The van der Waals surface area contributed by atoms with E-state index in [9.17, 15) is 0 Å². The topological polar surface area (TPSA) is 60.2 Å². The first kappa shape index (κ1) is 15.4. The SMILES string of the molecule is N[C@](OC1CCNCC1)(c1ccc(Cl)cc1)c1ccccn1. The number of benzene rings is 1. The summed E-state index contributed by atoms with van der Waals surface area (Å²) in [7, 11) is 0. The Labute approximate surface area is 135 Å². The largest absolute Gasteiger partial charge is 0.347 e. The van der Waals surface area contributed by atoms with Crippen molar-refractivity contribution in [1.82, 2.24) is 10.3 Å². The summed E-state index contributed by atoms with van der Waals surface area (Å²) in [5, 5.41) is 4.01. The maximum Gasteiger partial charge on any atom is 0.186 e. The molecule has 0 amide bonds. The van der Waals surface area contributed by atoms with Crippen molar-refractivity contribution >= 4 is 11.6 Å². The molecule has 0 spiro atoms. The van der Waals surface area contributed by atoms with Gasteiger partial charge in [-0.25, -0.2) is 0 Å². The molecule has 1 aliphatic rings. The number of hydrogen-bond acceptors (Lipinski definition) is 4. The van der Waals surface area contributed by atoms with Gasteiger partial charge < -0.3 is 10.1 Å². The lowest BCUT2D eigenvalue weighted by molar-refractivity contribution is -0.0824. The van der Waals surface area contributed by atoms with E-state index in [4.69, 9.17) is 22.1 Å². The van der Waals surface area contributed by atoms with E-state index in [-0.39, 0.29) is 6.10 Å². The summed E-state index contributed by atoms with van der Waals surface area (Å²) in [6.45, 7) is 1.90. The van der Waals surface area contributed by atoms with Gasteiger partial charge in [0, 0.05) is 16.8 Å². The molecule has 22 heavy (non-hydrogen) atoms. The highest BCUT2D eigenvalue weighted by molar-refractivity contribution is 6.30. The van der Waals surface area contributed by atoms with Crippen LogP contribution in [-0.4, -0.2) is 24.2 Å². The van der Waals surface area contributed by atoms with Crippen LogP contribution in [-0.2, 0) is 10.5 Å². The van der Waals surface area contributed by atoms with Crippen LogP contribution < -0.4 is 11.1 Å². The predicted octanol–water partition coefficient (Wildman–Crippen LogP) is 2.66. The molecule has 5 heteroatoms. The van der Waals surface area contributed by atoms with Crippen molar-refractivity contribution in [2.75, 3.05) is 13.1 Å². The molecular weight excluding hydrogens is 298 g/mol. The smallest absolute Gasteiger partial charge is 0.186 e. The molecule has 1 aromatic heterocycles. The van der Waals surface area contributed by atoms with Crippen molar-refractivity contribution in [3.05, 3.63) is 64.9 Å². The highest BCUT2D eigenvalue weighted by atomic mass is 35.5. The van der Waals surface area contributed by atoms with E-state index in [0.717, 1.165) is 31.5 Å². The van der Waals surface area contributed by atoms with Gasteiger partial charge in [-0.1, -0.05) is 29.8 Å². The van der Waals surface area contributed by atoms with E-state index in [1.54, 1.807) is 6.20 Å². The molecule has 3 rings (SSSR count). The van der Waals surface area contributed by atoms with E-state index in [1.165, 1.54) is 0 Å². The lowest BCUT2D eigenvalue weighted by Gasteiger charge is -2.35. The molecule has 0 unspecified atom stereocenters. The van der Waals surface area contributed by atoms with Crippen LogP contribution in [0.4, 0.5) is 0 Å². The van der Waals surface area contributed by atoms with Crippen molar-refractivity contribution in [2.45, 2.75) is 24.7 Å². The Hall–Kier alpha value is -1.46. The number of rotatable bonds is 4. The summed E-state index contributed by atoms with van der Waals surface area (Å²) in [5.41, 5.74) is 7.17. The molecule has 1 atom stereocenters. The molecule has 1 aliphatic heterocycles. The molecule has 0 bridgehead atoms. The van der Waals surface area contributed by atoms with E-state index < -0.39 is 5.72 Å². The number of piperidine rings is 1. The van der Waals surface area contributed by atoms with E-state index in [2.05, 4.69) is 10.3 Å². The second-order valence-corrected chi connectivity index (χ2v) is 5.96. The zero-order chi connectivity index (χ0) is 15.4. The second kappa shape index (κ2) is 6.75. The van der Waals surface area contributed by atoms with Gasteiger partial charge in [0.05, 0.1) is 11.8 Å². The highest BCUT2D eigenvalue weighted by Crippen LogP contribution is 2.31. The molecule has 4 nitrogen and oxygen atoms in total. The Kier molecular flexibility index (Phi) is 4.74. The van der Waals surface area contributed by atoms with Gasteiger partial charge in [0.15, 0.2) is 5.72 Å². The van der Waals surface area contributed by atoms with Gasteiger partial charge >= 0.3 is 0 Å². The Morgan fingerprint density at radius 2 is 1.86 bits per heavy atom. The number of ether oxygens (including phenoxy) is 1. The number of nitrogens with zero attached hydrogens (tertiary/aromatic N) is 1. The van der Waals surface area contributed by atoms with Gasteiger partial charge in [-0.3, -0.25) is 10.7 Å². The van der Waals surface area contributed by atoms with Crippen LogP contribution >= 0.6 is 11.6 Å². The molecule has 116 valence electrons. The number of nitrogens with two attached hydrogens (primary N) is 1. The maximum absolute atomic E-state index is 6.67. The summed E-state index contributed by atoms with van der Waals surface area (Å²) in [6.07, 6.45) is 3.74. The van der Waals surface area contributed by atoms with E-state index in [1.807, 2.05) is 42.5 Å². The van der Waals surface area contributed by atoms with Gasteiger partial charge in [-0.05, 0) is 50.2 Å². The molecule has 0 radical (unpaired) electrons. The molecule has 0 aliphatic carbocycles. The number of pyridine rings is 1. The molecule has 2 aromatic rings. The fourth-order valence-electron chi connectivity index (χ4n) is 2.73. The Morgan fingerprint density at radius 3 is 2.50 bits per heavy atom. The van der Waals surface area contributed by atoms with Crippen molar-refractivity contribution in [2.24, 2.45) is 5.73 Å². The average molecular weight is 318 g/mol. The summed E-state index contributed by atoms with van der Waals surface area (Å²) in [4.78, 5) is 4.42. The van der Waals surface area contributed by atoms with Gasteiger partial charge in [-0.2, -0.15) is 0 Å². The molecular formula is C17H20ClN3O. The van der Waals surface area contributed by atoms with Crippen LogP contribution in [0.5, 0.6) is 0 Å². The first-order chi connectivity index (χ1) is 10.7. The highest BCUT2D eigenvalue weighted by Gasteiger charge is 2.35. The average Bonchev–Trinajstić information content (AvgIpc) is 2.57. The lowest BCUT2D eigenvalue weighted by atomic mass is 9.98. The minimum atomic E-state index is -1.06. The predicted molar refractivity (Wildman–Crippen MR) is 87.6 cm³/mol. The van der Waals surface area contributed by atoms with E-state index in [0.29, 0.717) is 10.7 Å². The second-order valence-electron chi connectivity index (χ2n) is 5.52. The van der Waals surface area contributed by atoms with Crippen LogP contribution in [0.3, 0.4) is 0 Å².